The summed E-state index contributed by atoms with van der Waals surface area (Å²) in [6.07, 6.45) is 1.52. The molecule has 17 heavy (non-hydrogen) atoms. The molecule has 7 heteroatoms. The predicted molar refractivity (Wildman–Crippen MR) is 59.3 cm³/mol. The predicted octanol–water partition coefficient (Wildman–Crippen LogP) is 0.436. The molecular weight excluding hydrogens is 222 g/mol. The van der Waals surface area contributed by atoms with Crippen LogP contribution in [0.3, 0.4) is 0 Å². The number of aromatic nitrogens is 3. The van der Waals surface area contributed by atoms with E-state index in [1.807, 2.05) is 0 Å². The number of nitrogens with zero attached hydrogens (tertiary/aromatic N) is 3. The fourth-order valence-corrected chi connectivity index (χ4v) is 1.18. The van der Waals surface area contributed by atoms with E-state index in [0.717, 1.165) is 0 Å². The highest BCUT2D eigenvalue weighted by molar-refractivity contribution is 5.92. The number of hydrogen-bond donors (Lipinski definition) is 2. The van der Waals surface area contributed by atoms with Crippen molar-refractivity contribution in [2.75, 3.05) is 12.4 Å². The van der Waals surface area contributed by atoms with Crippen LogP contribution in [0.4, 0.5) is 5.82 Å². The maximum atomic E-state index is 11.6. The number of carbonyl (C=O) groups excluding carboxylic acids is 1. The zero-order valence-electron chi connectivity index (χ0n) is 9.17. The Labute approximate surface area is 97.2 Å². The van der Waals surface area contributed by atoms with Crippen molar-refractivity contribution in [2.45, 2.75) is 6.54 Å². The van der Waals surface area contributed by atoms with E-state index in [9.17, 15) is 4.79 Å². The monoisotopic (exact) mass is 233 g/mol. The standard InChI is InChI=1S/C10H11N5O2/c1-11-9-3-2-8(14-15-9)10(16)12-6-7-4-5-13-17-7/h2-5H,6H2,1H3,(H,11,15)(H,12,16). The fourth-order valence-electron chi connectivity index (χ4n) is 1.18. The number of amides is 1. The lowest BCUT2D eigenvalue weighted by Gasteiger charge is -2.02. The van der Waals surface area contributed by atoms with E-state index >= 15 is 0 Å². The summed E-state index contributed by atoms with van der Waals surface area (Å²) in [6, 6.07) is 4.95. The van der Waals surface area contributed by atoms with Gasteiger partial charge in [0.15, 0.2) is 11.5 Å². The molecular formula is C10H11N5O2. The maximum Gasteiger partial charge on any atom is 0.272 e. The van der Waals surface area contributed by atoms with E-state index in [4.69, 9.17) is 4.52 Å². The van der Waals surface area contributed by atoms with Crippen LogP contribution in [0, 0.1) is 0 Å². The molecule has 2 N–H and O–H groups in total. The number of rotatable bonds is 4. The molecule has 0 aliphatic rings. The molecule has 0 aliphatic heterocycles. The summed E-state index contributed by atoms with van der Waals surface area (Å²) in [6.45, 7) is 0.272. The largest absolute Gasteiger partial charge is 0.372 e. The average molecular weight is 233 g/mol. The first-order chi connectivity index (χ1) is 8.29. The number of carbonyl (C=O) groups is 1. The number of anilines is 1. The second-order valence-corrected chi connectivity index (χ2v) is 3.22. The molecule has 0 saturated carbocycles. The smallest absolute Gasteiger partial charge is 0.272 e. The third kappa shape index (κ3) is 2.77. The van der Waals surface area contributed by atoms with Gasteiger partial charge < -0.3 is 15.2 Å². The molecule has 2 aromatic heterocycles. The lowest BCUT2D eigenvalue weighted by atomic mass is 10.3. The molecule has 0 radical (unpaired) electrons. The minimum atomic E-state index is -0.309. The Morgan fingerprint density at radius 1 is 1.35 bits per heavy atom. The molecule has 0 aliphatic carbocycles. The molecule has 0 fully saturated rings. The Bertz CT molecular complexity index is 480. The molecule has 2 rings (SSSR count). The average Bonchev–Trinajstić information content (AvgIpc) is 2.89. The molecule has 1 amide bonds. The number of hydrogen-bond acceptors (Lipinski definition) is 6. The SMILES string of the molecule is CNc1ccc(C(=O)NCc2ccno2)nn1. The Morgan fingerprint density at radius 3 is 2.82 bits per heavy atom. The molecule has 0 unspecified atom stereocenters. The van der Waals surface area contributed by atoms with Crippen LogP contribution >= 0.6 is 0 Å². The highest BCUT2D eigenvalue weighted by atomic mass is 16.5. The Hall–Kier alpha value is -2.44. The summed E-state index contributed by atoms with van der Waals surface area (Å²) >= 11 is 0. The topological polar surface area (TPSA) is 92.9 Å². The summed E-state index contributed by atoms with van der Waals surface area (Å²) < 4.78 is 4.85. The molecule has 0 bridgehead atoms. The van der Waals surface area contributed by atoms with Crippen molar-refractivity contribution in [3.8, 4) is 0 Å². The van der Waals surface area contributed by atoms with E-state index in [0.29, 0.717) is 11.6 Å². The summed E-state index contributed by atoms with van der Waals surface area (Å²) in [5.74, 6) is 0.881. The normalized spacial score (nSPS) is 9.94. The number of nitrogens with one attached hydrogen (secondary N) is 2. The van der Waals surface area contributed by atoms with E-state index < -0.39 is 0 Å². The fraction of sp³-hybridized carbons (Fsp3) is 0.200. The third-order valence-electron chi connectivity index (χ3n) is 2.07. The van der Waals surface area contributed by atoms with Crippen molar-refractivity contribution in [3.05, 3.63) is 35.9 Å². The van der Waals surface area contributed by atoms with Crippen molar-refractivity contribution in [2.24, 2.45) is 0 Å². The first-order valence-corrected chi connectivity index (χ1v) is 4.99. The van der Waals surface area contributed by atoms with Gasteiger partial charge in [-0.25, -0.2) is 0 Å². The van der Waals surface area contributed by atoms with Gasteiger partial charge in [-0.1, -0.05) is 5.16 Å². The second kappa shape index (κ2) is 5.06. The Balaban J connectivity index is 1.95. The maximum absolute atomic E-state index is 11.6. The summed E-state index contributed by atoms with van der Waals surface area (Å²) in [4.78, 5) is 11.6. The zero-order chi connectivity index (χ0) is 12.1. The molecule has 0 atom stereocenters. The van der Waals surface area contributed by atoms with Crippen LogP contribution < -0.4 is 10.6 Å². The van der Waals surface area contributed by atoms with Crippen LogP contribution in [0.25, 0.3) is 0 Å². The van der Waals surface area contributed by atoms with Crippen LogP contribution in [0.5, 0.6) is 0 Å². The van der Waals surface area contributed by atoms with Crippen molar-refractivity contribution in [1.82, 2.24) is 20.7 Å². The van der Waals surface area contributed by atoms with Gasteiger partial charge in [-0.2, -0.15) is 0 Å². The molecule has 2 heterocycles. The second-order valence-electron chi connectivity index (χ2n) is 3.22. The zero-order valence-corrected chi connectivity index (χ0v) is 9.17. The highest BCUT2D eigenvalue weighted by Gasteiger charge is 2.08. The van der Waals surface area contributed by atoms with Gasteiger partial charge >= 0.3 is 0 Å². The Kier molecular flexibility index (Phi) is 3.29. The van der Waals surface area contributed by atoms with Gasteiger partial charge in [0.05, 0.1) is 12.7 Å². The minimum Gasteiger partial charge on any atom is -0.372 e. The van der Waals surface area contributed by atoms with Crippen LogP contribution in [-0.4, -0.2) is 28.3 Å². The van der Waals surface area contributed by atoms with Gasteiger partial charge in [0.2, 0.25) is 0 Å². The van der Waals surface area contributed by atoms with Gasteiger partial charge in [-0.15, -0.1) is 10.2 Å². The highest BCUT2D eigenvalue weighted by Crippen LogP contribution is 2.01. The van der Waals surface area contributed by atoms with Gasteiger partial charge in [0.25, 0.3) is 5.91 Å². The van der Waals surface area contributed by atoms with Gasteiger partial charge in [0.1, 0.15) is 5.82 Å². The van der Waals surface area contributed by atoms with E-state index in [2.05, 4.69) is 26.0 Å². The van der Waals surface area contributed by atoms with Crippen LogP contribution in [0.15, 0.2) is 28.9 Å². The van der Waals surface area contributed by atoms with E-state index in [1.165, 1.54) is 6.20 Å². The first kappa shape index (κ1) is 11.1. The van der Waals surface area contributed by atoms with Crippen LogP contribution in [0.2, 0.25) is 0 Å². The third-order valence-corrected chi connectivity index (χ3v) is 2.07. The quantitative estimate of drug-likeness (QED) is 0.795. The minimum absolute atomic E-state index is 0.253. The van der Waals surface area contributed by atoms with Crippen molar-refractivity contribution >= 4 is 11.7 Å². The summed E-state index contributed by atoms with van der Waals surface area (Å²) in [7, 11) is 1.73. The molecule has 2 aromatic rings. The lowest BCUT2D eigenvalue weighted by molar-refractivity contribution is 0.0941. The molecule has 88 valence electrons. The van der Waals surface area contributed by atoms with Crippen molar-refractivity contribution < 1.29 is 9.32 Å². The van der Waals surface area contributed by atoms with E-state index in [-0.39, 0.29) is 18.1 Å². The lowest BCUT2D eigenvalue weighted by Crippen LogP contribution is -2.23. The van der Waals surface area contributed by atoms with Gasteiger partial charge in [-0.3, -0.25) is 4.79 Å². The first-order valence-electron chi connectivity index (χ1n) is 4.99. The summed E-state index contributed by atoms with van der Waals surface area (Å²) in [5, 5.41) is 16.6. The molecule has 0 saturated heterocycles. The molecule has 0 aromatic carbocycles. The van der Waals surface area contributed by atoms with Crippen molar-refractivity contribution in [3.63, 3.8) is 0 Å². The Morgan fingerprint density at radius 2 is 2.24 bits per heavy atom. The van der Waals surface area contributed by atoms with E-state index in [1.54, 1.807) is 25.2 Å². The van der Waals surface area contributed by atoms with Crippen LogP contribution in [0.1, 0.15) is 16.2 Å². The van der Waals surface area contributed by atoms with Crippen molar-refractivity contribution in [1.29, 1.82) is 0 Å². The van der Waals surface area contributed by atoms with Crippen LogP contribution in [-0.2, 0) is 6.54 Å². The molecule has 0 spiro atoms. The van der Waals surface area contributed by atoms with Gasteiger partial charge in [-0.05, 0) is 12.1 Å². The molecule has 7 nitrogen and oxygen atoms in total. The summed E-state index contributed by atoms with van der Waals surface area (Å²) in [5.41, 5.74) is 0.253. The van der Waals surface area contributed by atoms with Gasteiger partial charge in [0, 0.05) is 13.1 Å².